The number of amides is 1. The van der Waals surface area contributed by atoms with E-state index in [-0.39, 0.29) is 28.1 Å². The van der Waals surface area contributed by atoms with Crippen molar-refractivity contribution in [2.45, 2.75) is 42.0 Å². The monoisotopic (exact) mass is 783 g/mol. The third kappa shape index (κ3) is 7.88. The molecule has 5 aromatic rings. The molecule has 15 heteroatoms. The average Bonchev–Trinajstić information content (AvgIpc) is 3.83. The van der Waals surface area contributed by atoms with E-state index in [0.717, 1.165) is 33.2 Å². The predicted molar refractivity (Wildman–Crippen MR) is 192 cm³/mol. The second-order valence-corrected chi connectivity index (χ2v) is 15.8. The van der Waals surface area contributed by atoms with Crippen molar-refractivity contribution in [3.8, 4) is 22.6 Å². The highest BCUT2D eigenvalue weighted by Crippen LogP contribution is 2.38. The molecule has 3 heterocycles. The van der Waals surface area contributed by atoms with Crippen LogP contribution in [0.25, 0.3) is 22.0 Å². The first-order valence-corrected chi connectivity index (χ1v) is 19.3. The Bertz CT molecular complexity index is 2310. The van der Waals surface area contributed by atoms with Gasteiger partial charge in [0.1, 0.15) is 21.3 Å². The van der Waals surface area contributed by atoms with Gasteiger partial charge in [-0.3, -0.25) is 9.35 Å². The van der Waals surface area contributed by atoms with Crippen molar-refractivity contribution >= 4 is 58.6 Å². The van der Waals surface area contributed by atoms with Gasteiger partial charge in [-0.2, -0.15) is 8.42 Å². The van der Waals surface area contributed by atoms with Gasteiger partial charge < -0.3 is 24.9 Å². The molecule has 0 bridgehead atoms. The van der Waals surface area contributed by atoms with Crippen LogP contribution in [-0.2, 0) is 44.2 Å². The molecule has 0 fully saturated rings. The predicted octanol–water partition coefficient (Wildman–Crippen LogP) is 5.24. The number of aliphatic hydroxyl groups excluding tert-OH is 1. The number of para-hydroxylation sites is 1. The van der Waals surface area contributed by atoms with E-state index in [9.17, 15) is 26.7 Å². The fourth-order valence-electron chi connectivity index (χ4n) is 6.04. The molecule has 50 heavy (non-hydrogen) atoms. The van der Waals surface area contributed by atoms with Crippen LogP contribution in [-0.4, -0.2) is 63.2 Å². The highest BCUT2D eigenvalue weighted by atomic mass is 79.9. The summed E-state index contributed by atoms with van der Waals surface area (Å²) < 4.78 is 72.3. The van der Waals surface area contributed by atoms with E-state index in [1.807, 2.05) is 42.6 Å². The second kappa shape index (κ2) is 14.5. The molecule has 0 unspecified atom stereocenters. The summed E-state index contributed by atoms with van der Waals surface area (Å²) in [6.45, 7) is 1.92. The fraction of sp³-hybridized carbons (Fsp3) is 0.229. The van der Waals surface area contributed by atoms with Crippen molar-refractivity contribution in [2.75, 3.05) is 25.1 Å². The topological polar surface area (TPSA) is 184 Å². The van der Waals surface area contributed by atoms with Gasteiger partial charge in [0.15, 0.2) is 0 Å². The summed E-state index contributed by atoms with van der Waals surface area (Å²) in [6, 6.07) is 20.9. The molecule has 0 saturated carbocycles. The van der Waals surface area contributed by atoms with Gasteiger partial charge in [0.05, 0.1) is 19.8 Å². The van der Waals surface area contributed by atoms with Gasteiger partial charge in [0.25, 0.3) is 10.1 Å². The summed E-state index contributed by atoms with van der Waals surface area (Å²) in [7, 11) is -8.23. The van der Waals surface area contributed by atoms with E-state index in [0.29, 0.717) is 53.9 Å². The lowest BCUT2D eigenvalue weighted by atomic mass is 10.0. The van der Waals surface area contributed by atoms with Crippen molar-refractivity contribution in [1.82, 2.24) is 9.71 Å². The van der Waals surface area contributed by atoms with E-state index in [4.69, 9.17) is 14.0 Å². The summed E-state index contributed by atoms with van der Waals surface area (Å²) >= 11 is 3.18. The minimum absolute atomic E-state index is 0.0369. The fourth-order valence-corrected chi connectivity index (χ4v) is 8.83. The van der Waals surface area contributed by atoms with Crippen molar-refractivity contribution in [3.05, 3.63) is 100 Å². The number of halogens is 1. The Morgan fingerprint density at radius 3 is 2.30 bits per heavy atom. The molecule has 0 radical (unpaired) electrons. The molecular weight excluding hydrogens is 750 g/mol. The van der Waals surface area contributed by atoms with Crippen LogP contribution in [0.5, 0.6) is 11.5 Å². The normalized spacial score (nSPS) is 14.2. The summed E-state index contributed by atoms with van der Waals surface area (Å²) in [5.41, 5.74) is 5.55. The first kappa shape index (κ1) is 35.6. The Morgan fingerprint density at radius 2 is 1.60 bits per heavy atom. The molecular formula is C35H34BrN3O9S2. The molecule has 0 spiro atoms. The number of aromatic amines is 1. The molecule has 12 nitrogen and oxygen atoms in total. The number of carbonyl (C=O) groups is 1. The number of carbonyl (C=O) groups excluding carboxylic acids is 1. The van der Waals surface area contributed by atoms with Crippen LogP contribution in [0, 0.1) is 0 Å². The van der Waals surface area contributed by atoms with Crippen LogP contribution in [0.2, 0.25) is 0 Å². The second-order valence-electron chi connectivity index (χ2n) is 11.9. The van der Waals surface area contributed by atoms with E-state index >= 15 is 0 Å². The largest absolute Gasteiger partial charge is 0.492 e. The molecule has 4 aromatic carbocycles. The van der Waals surface area contributed by atoms with E-state index in [2.05, 4.69) is 31.0 Å². The van der Waals surface area contributed by atoms with Gasteiger partial charge in [0.2, 0.25) is 15.9 Å². The lowest BCUT2D eigenvalue weighted by Gasteiger charge is -2.18. The van der Waals surface area contributed by atoms with Gasteiger partial charge in [-0.05, 0) is 71.1 Å². The molecule has 1 amide bonds. The summed E-state index contributed by atoms with van der Waals surface area (Å²) in [5, 5.41) is 13.8. The van der Waals surface area contributed by atoms with Gasteiger partial charge in [0, 0.05) is 58.6 Å². The first-order valence-electron chi connectivity index (χ1n) is 15.6. The lowest BCUT2D eigenvalue weighted by molar-refractivity contribution is -0.114. The smallest absolute Gasteiger partial charge is 0.298 e. The van der Waals surface area contributed by atoms with Crippen LogP contribution in [0.15, 0.2) is 93.3 Å². The van der Waals surface area contributed by atoms with E-state index in [1.54, 1.807) is 30.3 Å². The Labute approximate surface area is 297 Å². The number of rotatable bonds is 9. The molecule has 1 atom stereocenters. The molecule has 262 valence electrons. The zero-order valence-corrected chi connectivity index (χ0v) is 30.0. The van der Waals surface area contributed by atoms with Gasteiger partial charge in [-0.25, -0.2) is 13.1 Å². The van der Waals surface area contributed by atoms with Crippen LogP contribution in [0.3, 0.4) is 0 Å². The number of H-pyrrole nitrogens is 1. The number of hydrogen-bond donors (Lipinski definition) is 5. The Balaban J connectivity index is 0.000000257. The minimum atomic E-state index is -4.21. The molecule has 2 aliphatic rings. The highest BCUT2D eigenvalue weighted by Gasteiger charge is 2.29. The number of ether oxygens (including phenoxy) is 2. The average molecular weight is 785 g/mol. The minimum Gasteiger partial charge on any atom is -0.492 e. The quantitative estimate of drug-likeness (QED) is 0.125. The number of aliphatic hydroxyl groups is 1. The maximum absolute atomic E-state index is 13.6. The van der Waals surface area contributed by atoms with Crippen LogP contribution in [0.4, 0.5) is 5.69 Å². The summed E-state index contributed by atoms with van der Waals surface area (Å²) in [4.78, 5) is 14.5. The Hall–Kier alpha value is -4.25. The number of sulfonamides is 1. The number of nitrogens with one attached hydrogen (secondary N) is 3. The van der Waals surface area contributed by atoms with E-state index < -0.39 is 26.2 Å². The highest BCUT2D eigenvalue weighted by molar-refractivity contribution is 9.10. The third-order valence-corrected chi connectivity index (χ3v) is 11.1. The molecule has 0 saturated heterocycles. The van der Waals surface area contributed by atoms with Crippen molar-refractivity contribution in [1.29, 1.82) is 0 Å². The van der Waals surface area contributed by atoms with Crippen molar-refractivity contribution in [3.63, 3.8) is 0 Å². The lowest BCUT2D eigenvalue weighted by Crippen LogP contribution is -2.39. The first-order chi connectivity index (χ1) is 23.8. The molecule has 7 rings (SSSR count). The number of anilines is 1. The van der Waals surface area contributed by atoms with E-state index in [1.165, 1.54) is 13.0 Å². The number of benzene rings is 4. The number of fused-ring (bicyclic) bond motifs is 3. The molecule has 0 aliphatic carbocycles. The maximum Gasteiger partial charge on any atom is 0.298 e. The van der Waals surface area contributed by atoms with Gasteiger partial charge >= 0.3 is 0 Å². The van der Waals surface area contributed by atoms with Crippen molar-refractivity contribution < 1.29 is 40.8 Å². The summed E-state index contributed by atoms with van der Waals surface area (Å²) in [6.07, 6.45) is 3.42. The van der Waals surface area contributed by atoms with Crippen LogP contribution >= 0.6 is 15.9 Å². The van der Waals surface area contributed by atoms with Crippen LogP contribution in [0.1, 0.15) is 23.6 Å². The Morgan fingerprint density at radius 1 is 0.900 bits per heavy atom. The zero-order chi connectivity index (χ0) is 35.6. The number of hydrogen-bond acceptors (Lipinski definition) is 8. The van der Waals surface area contributed by atoms with Gasteiger partial charge in [-0.15, -0.1) is 0 Å². The van der Waals surface area contributed by atoms with Crippen molar-refractivity contribution in [2.24, 2.45) is 0 Å². The maximum atomic E-state index is 13.6. The SMILES string of the molecule is CC(=O)Nc1cccc(-c2cc3c(c(S(=O)(=O)N[C@@H](CO)Cc4c[nH]c5ccccc45)c2)OCC3)c1.O=S(=O)(O)c1cc(Br)cc2c1OCC2. The standard InChI is InChI=1S/C27H27N3O5S.C8H7BrO4S/c1-17(32)29-22-6-4-5-18(12-22)20-11-19-9-10-35-27(19)26(14-20)36(33,34)30-23(16-31)13-21-15-28-25-8-3-2-7-24(21)25;9-6-3-5-1-2-13-8(5)7(4-6)14(10,11)12/h2-8,11-12,14-15,23,28,30-31H,9-10,13,16H2,1H3,(H,29,32);3-4H,1-2H2,(H,10,11,12)/t23-;/m1./s1. The molecule has 5 N–H and O–H groups in total. The van der Waals surface area contributed by atoms with Gasteiger partial charge in [-0.1, -0.05) is 46.3 Å². The third-order valence-electron chi connectivity index (χ3n) is 8.23. The molecule has 2 aliphatic heterocycles. The Kier molecular flexibility index (Phi) is 10.3. The number of aromatic nitrogens is 1. The van der Waals surface area contributed by atoms with Crippen LogP contribution < -0.4 is 19.5 Å². The summed E-state index contributed by atoms with van der Waals surface area (Å²) in [5.74, 6) is 0.427. The zero-order valence-electron chi connectivity index (χ0n) is 26.8. The molecule has 1 aromatic heterocycles.